The predicted octanol–water partition coefficient (Wildman–Crippen LogP) is 3.33. The highest BCUT2D eigenvalue weighted by molar-refractivity contribution is 6.26. The van der Waals surface area contributed by atoms with Crippen molar-refractivity contribution in [1.82, 2.24) is 0 Å². The van der Waals surface area contributed by atoms with Gasteiger partial charge in [-0.1, -0.05) is 20.8 Å². The van der Waals surface area contributed by atoms with Crippen LogP contribution in [0.4, 0.5) is 0 Å². The molecule has 2 aliphatic carbocycles. The van der Waals surface area contributed by atoms with Gasteiger partial charge in [-0.25, -0.2) is 0 Å². The van der Waals surface area contributed by atoms with Crippen molar-refractivity contribution in [3.8, 4) is 6.07 Å². The first-order chi connectivity index (χ1) is 5.87. The van der Waals surface area contributed by atoms with E-state index in [-0.39, 0.29) is 10.8 Å². The van der Waals surface area contributed by atoms with E-state index in [2.05, 4.69) is 26.8 Å². The highest BCUT2D eigenvalue weighted by Crippen LogP contribution is 2.71. The summed E-state index contributed by atoms with van der Waals surface area (Å²) in [7, 11) is 0. The molecule has 3 unspecified atom stereocenters. The molecule has 72 valence electrons. The van der Waals surface area contributed by atoms with Crippen molar-refractivity contribution < 1.29 is 0 Å². The monoisotopic (exact) mass is 197 g/mol. The summed E-state index contributed by atoms with van der Waals surface area (Å²) < 4.78 is 0. The Kier molecular flexibility index (Phi) is 1.60. The summed E-state index contributed by atoms with van der Waals surface area (Å²) in [5.41, 5.74) is 0.255. The number of fused-ring (bicyclic) bond motifs is 2. The smallest absolute Gasteiger partial charge is 0.137 e. The first-order valence-electron chi connectivity index (χ1n) is 4.97. The van der Waals surface area contributed by atoms with Gasteiger partial charge in [-0.05, 0) is 30.6 Å². The van der Waals surface area contributed by atoms with Gasteiger partial charge < -0.3 is 0 Å². The molecule has 0 heterocycles. The third-order valence-electron chi connectivity index (χ3n) is 5.02. The highest BCUT2D eigenvalue weighted by atomic mass is 35.5. The lowest BCUT2D eigenvalue weighted by Crippen LogP contribution is -2.41. The van der Waals surface area contributed by atoms with Gasteiger partial charge in [-0.15, -0.1) is 11.6 Å². The number of hydrogen-bond donors (Lipinski definition) is 0. The summed E-state index contributed by atoms with van der Waals surface area (Å²) in [4.78, 5) is -0.598. The highest BCUT2D eigenvalue weighted by Gasteiger charge is 2.68. The SMILES string of the molecule is CC1(C)C2CCC1(C)C(Cl)(C#N)C2. The minimum Gasteiger partial charge on any atom is -0.196 e. The van der Waals surface area contributed by atoms with Gasteiger partial charge in [0, 0.05) is 5.41 Å². The summed E-state index contributed by atoms with van der Waals surface area (Å²) in [6.07, 6.45) is 3.25. The summed E-state index contributed by atoms with van der Waals surface area (Å²) in [5.74, 6) is 0.648. The van der Waals surface area contributed by atoms with Crippen LogP contribution in [-0.2, 0) is 0 Å². The Bertz CT molecular complexity index is 291. The van der Waals surface area contributed by atoms with Gasteiger partial charge in [0.1, 0.15) is 4.87 Å². The van der Waals surface area contributed by atoms with Crippen molar-refractivity contribution in [2.75, 3.05) is 0 Å². The second kappa shape index (κ2) is 2.23. The third-order valence-corrected chi connectivity index (χ3v) is 5.67. The fourth-order valence-electron chi connectivity index (χ4n) is 3.40. The summed E-state index contributed by atoms with van der Waals surface area (Å²) in [5, 5.41) is 9.16. The molecule has 3 atom stereocenters. The first-order valence-corrected chi connectivity index (χ1v) is 5.35. The van der Waals surface area contributed by atoms with Crippen molar-refractivity contribution in [2.24, 2.45) is 16.7 Å². The molecule has 0 saturated heterocycles. The fourth-order valence-corrected chi connectivity index (χ4v) is 3.92. The normalized spacial score (nSPS) is 52.1. The zero-order valence-electron chi connectivity index (χ0n) is 8.52. The molecule has 1 nitrogen and oxygen atoms in total. The Hall–Kier alpha value is -0.220. The van der Waals surface area contributed by atoms with E-state index in [0.717, 1.165) is 12.8 Å². The van der Waals surface area contributed by atoms with E-state index >= 15 is 0 Å². The Labute approximate surface area is 85.1 Å². The second-order valence-corrected chi connectivity index (χ2v) is 6.05. The molecule has 0 aliphatic heterocycles. The summed E-state index contributed by atoms with van der Waals surface area (Å²) >= 11 is 6.42. The molecule has 2 rings (SSSR count). The van der Waals surface area contributed by atoms with Crippen LogP contribution in [0.15, 0.2) is 0 Å². The molecule has 0 amide bonds. The van der Waals surface area contributed by atoms with E-state index < -0.39 is 4.87 Å². The lowest BCUT2D eigenvalue weighted by atomic mass is 9.67. The van der Waals surface area contributed by atoms with Crippen LogP contribution in [0.2, 0.25) is 0 Å². The molecule has 2 bridgehead atoms. The Morgan fingerprint density at radius 1 is 1.38 bits per heavy atom. The van der Waals surface area contributed by atoms with Crippen molar-refractivity contribution in [1.29, 1.82) is 5.26 Å². The Balaban J connectivity index is 2.51. The van der Waals surface area contributed by atoms with Crippen LogP contribution in [0, 0.1) is 28.1 Å². The van der Waals surface area contributed by atoms with E-state index in [4.69, 9.17) is 16.9 Å². The molecule has 0 aromatic heterocycles. The third kappa shape index (κ3) is 0.789. The molecular formula is C11H16ClN. The van der Waals surface area contributed by atoms with Crippen molar-refractivity contribution in [2.45, 2.75) is 44.9 Å². The average Bonchev–Trinajstić information content (AvgIpc) is 2.36. The van der Waals surface area contributed by atoms with Crippen LogP contribution >= 0.6 is 11.6 Å². The van der Waals surface area contributed by atoms with Crippen LogP contribution < -0.4 is 0 Å². The molecule has 13 heavy (non-hydrogen) atoms. The number of halogens is 1. The van der Waals surface area contributed by atoms with Gasteiger partial charge in [-0.3, -0.25) is 0 Å². The topological polar surface area (TPSA) is 23.8 Å². The van der Waals surface area contributed by atoms with Crippen LogP contribution in [0.1, 0.15) is 40.0 Å². The van der Waals surface area contributed by atoms with Crippen molar-refractivity contribution in [3.05, 3.63) is 0 Å². The number of alkyl halides is 1. The molecule has 0 aromatic carbocycles. The minimum absolute atomic E-state index is 0.0149. The summed E-state index contributed by atoms with van der Waals surface area (Å²) in [6.45, 7) is 6.73. The fraction of sp³-hybridized carbons (Fsp3) is 0.909. The maximum atomic E-state index is 9.16. The van der Waals surface area contributed by atoms with Gasteiger partial charge in [-0.2, -0.15) is 5.26 Å². The molecular weight excluding hydrogens is 182 g/mol. The van der Waals surface area contributed by atoms with E-state index in [1.807, 2.05) is 0 Å². The molecule has 0 N–H and O–H groups in total. The minimum atomic E-state index is -0.598. The van der Waals surface area contributed by atoms with Gasteiger partial charge >= 0.3 is 0 Å². The van der Waals surface area contributed by atoms with E-state index in [1.165, 1.54) is 6.42 Å². The van der Waals surface area contributed by atoms with Gasteiger partial charge in [0.2, 0.25) is 0 Å². The molecule has 0 radical (unpaired) electrons. The standard InChI is InChI=1S/C11H16ClN/c1-9(2)8-4-5-10(9,3)11(12,6-8)7-13/h8H,4-6H2,1-3H3. The maximum absolute atomic E-state index is 9.16. The van der Waals surface area contributed by atoms with Crippen LogP contribution in [-0.4, -0.2) is 4.87 Å². The Morgan fingerprint density at radius 2 is 2.00 bits per heavy atom. The van der Waals surface area contributed by atoms with E-state index in [0.29, 0.717) is 5.92 Å². The van der Waals surface area contributed by atoms with Crippen molar-refractivity contribution in [3.63, 3.8) is 0 Å². The number of hydrogen-bond acceptors (Lipinski definition) is 1. The quantitative estimate of drug-likeness (QED) is 0.547. The zero-order valence-corrected chi connectivity index (χ0v) is 9.28. The number of rotatable bonds is 0. The molecule has 2 fully saturated rings. The maximum Gasteiger partial charge on any atom is 0.137 e. The molecule has 2 heteroatoms. The van der Waals surface area contributed by atoms with E-state index in [1.54, 1.807) is 0 Å². The first kappa shape index (κ1) is 9.34. The van der Waals surface area contributed by atoms with Gasteiger partial charge in [0.05, 0.1) is 6.07 Å². The summed E-state index contributed by atoms with van der Waals surface area (Å²) in [6, 6.07) is 2.33. The number of nitriles is 1. The van der Waals surface area contributed by atoms with E-state index in [9.17, 15) is 0 Å². The van der Waals surface area contributed by atoms with Crippen LogP contribution in [0.5, 0.6) is 0 Å². The van der Waals surface area contributed by atoms with Crippen molar-refractivity contribution >= 4 is 11.6 Å². The molecule has 0 spiro atoms. The van der Waals surface area contributed by atoms with Gasteiger partial charge in [0.15, 0.2) is 0 Å². The second-order valence-electron chi connectivity index (χ2n) is 5.41. The molecule has 2 aliphatic rings. The predicted molar refractivity (Wildman–Crippen MR) is 53.4 cm³/mol. The Morgan fingerprint density at radius 3 is 2.23 bits per heavy atom. The van der Waals surface area contributed by atoms with Crippen LogP contribution in [0.3, 0.4) is 0 Å². The molecule has 0 aromatic rings. The van der Waals surface area contributed by atoms with Crippen LogP contribution in [0.25, 0.3) is 0 Å². The zero-order chi connectivity index (χ0) is 9.91. The average molecular weight is 198 g/mol. The number of nitrogens with zero attached hydrogens (tertiary/aromatic N) is 1. The molecule has 2 saturated carbocycles. The lowest BCUT2D eigenvalue weighted by molar-refractivity contribution is 0.137. The largest absolute Gasteiger partial charge is 0.196 e. The van der Waals surface area contributed by atoms with Gasteiger partial charge in [0.25, 0.3) is 0 Å². The lowest BCUT2D eigenvalue weighted by Gasteiger charge is -2.40.